The molecule has 18 heavy (non-hydrogen) atoms. The number of halogens is 1. The first kappa shape index (κ1) is 15.9. The molecule has 2 unspecified atom stereocenters. The smallest absolute Gasteiger partial charge is 0.0529 e. The summed E-state index contributed by atoms with van der Waals surface area (Å²) in [6, 6.07) is 8.32. The van der Waals surface area contributed by atoms with E-state index in [0.717, 1.165) is 40.9 Å². The van der Waals surface area contributed by atoms with Crippen LogP contribution in [-0.2, 0) is 10.8 Å². The maximum atomic E-state index is 12.1. The van der Waals surface area contributed by atoms with E-state index in [1.54, 1.807) is 0 Å². The zero-order valence-electron chi connectivity index (χ0n) is 11.1. The van der Waals surface area contributed by atoms with E-state index < -0.39 is 10.8 Å². The van der Waals surface area contributed by atoms with Gasteiger partial charge in [-0.1, -0.05) is 29.8 Å². The van der Waals surface area contributed by atoms with Gasteiger partial charge >= 0.3 is 0 Å². The number of hydrogen-bond acceptors (Lipinski definition) is 2. The van der Waals surface area contributed by atoms with Crippen molar-refractivity contribution in [3.05, 3.63) is 28.7 Å². The molecule has 2 nitrogen and oxygen atoms in total. The third-order valence-electron chi connectivity index (χ3n) is 2.94. The molecule has 1 aromatic carbocycles. The summed E-state index contributed by atoms with van der Waals surface area (Å²) in [5.41, 5.74) is 0. The quantitative estimate of drug-likeness (QED) is 0.786. The van der Waals surface area contributed by atoms with Crippen LogP contribution < -0.4 is 5.32 Å². The number of benzene rings is 1. The zero-order valence-corrected chi connectivity index (χ0v) is 13.5. The van der Waals surface area contributed by atoms with Crippen LogP contribution in [0.5, 0.6) is 0 Å². The Hall–Kier alpha value is -0.190. The second kappa shape index (κ2) is 8.83. The molecule has 0 amide bonds. The molecule has 0 heterocycles. The van der Waals surface area contributed by atoms with E-state index in [9.17, 15) is 4.21 Å². The molecule has 1 aromatic rings. The Kier molecular flexibility index (Phi) is 7.79. The van der Waals surface area contributed by atoms with Crippen LogP contribution in [-0.4, -0.2) is 22.5 Å². The fourth-order valence-electron chi connectivity index (χ4n) is 1.90. The van der Waals surface area contributed by atoms with Gasteiger partial charge in [-0.25, -0.2) is 0 Å². The van der Waals surface area contributed by atoms with Crippen LogP contribution in [0.15, 0.2) is 33.6 Å². The van der Waals surface area contributed by atoms with Crippen molar-refractivity contribution in [2.24, 2.45) is 0 Å². The van der Waals surface area contributed by atoms with E-state index in [1.807, 2.05) is 24.3 Å². The lowest BCUT2D eigenvalue weighted by Gasteiger charge is -2.15. The molecule has 0 bridgehead atoms. The van der Waals surface area contributed by atoms with Crippen molar-refractivity contribution >= 4 is 26.7 Å². The summed E-state index contributed by atoms with van der Waals surface area (Å²) in [6.07, 6.45) is 3.25. The fourth-order valence-corrected chi connectivity index (χ4v) is 3.27. The highest BCUT2D eigenvalue weighted by atomic mass is 79.9. The Balaban J connectivity index is 2.35. The lowest BCUT2D eigenvalue weighted by molar-refractivity contribution is 0.476. The molecule has 4 heteroatoms. The van der Waals surface area contributed by atoms with Gasteiger partial charge in [0.15, 0.2) is 0 Å². The Labute approximate surface area is 121 Å². The zero-order chi connectivity index (χ0) is 13.4. The van der Waals surface area contributed by atoms with Gasteiger partial charge in [0.05, 0.1) is 10.8 Å². The Morgan fingerprint density at radius 2 is 1.94 bits per heavy atom. The molecule has 2 atom stereocenters. The van der Waals surface area contributed by atoms with Crippen molar-refractivity contribution in [3.63, 3.8) is 0 Å². The van der Waals surface area contributed by atoms with Crippen LogP contribution in [0.4, 0.5) is 0 Å². The second-order valence-electron chi connectivity index (χ2n) is 4.31. The Bertz CT molecular complexity index is 367. The average Bonchev–Trinajstić information content (AvgIpc) is 2.38. The lowest BCUT2D eigenvalue weighted by atomic mass is 10.1. The van der Waals surface area contributed by atoms with Gasteiger partial charge in [0.2, 0.25) is 0 Å². The van der Waals surface area contributed by atoms with Crippen LogP contribution in [0.25, 0.3) is 0 Å². The maximum absolute atomic E-state index is 12.1. The highest BCUT2D eigenvalue weighted by Gasteiger charge is 2.07. The van der Waals surface area contributed by atoms with Crippen LogP contribution >= 0.6 is 15.9 Å². The molecular weight excluding hydrogens is 310 g/mol. The van der Waals surface area contributed by atoms with Gasteiger partial charge in [0.25, 0.3) is 0 Å². The minimum absolute atomic E-state index is 0.567. The van der Waals surface area contributed by atoms with Gasteiger partial charge in [0, 0.05) is 21.2 Å². The summed E-state index contributed by atoms with van der Waals surface area (Å²) >= 11 is 3.39. The van der Waals surface area contributed by atoms with Crippen molar-refractivity contribution in [1.29, 1.82) is 0 Å². The summed E-state index contributed by atoms with van der Waals surface area (Å²) in [6.45, 7) is 5.33. The summed E-state index contributed by atoms with van der Waals surface area (Å²) < 4.78 is 13.1. The van der Waals surface area contributed by atoms with E-state index >= 15 is 0 Å². The first-order valence-corrected chi connectivity index (χ1v) is 8.65. The van der Waals surface area contributed by atoms with Gasteiger partial charge < -0.3 is 5.32 Å². The van der Waals surface area contributed by atoms with Crippen molar-refractivity contribution in [2.75, 3.05) is 12.3 Å². The topological polar surface area (TPSA) is 29.1 Å². The molecule has 0 aliphatic carbocycles. The highest BCUT2D eigenvalue weighted by Crippen LogP contribution is 2.14. The molecule has 0 aliphatic rings. The van der Waals surface area contributed by atoms with Crippen molar-refractivity contribution in [3.8, 4) is 0 Å². The molecule has 0 aliphatic heterocycles. The first-order valence-electron chi connectivity index (χ1n) is 6.54. The van der Waals surface area contributed by atoms with Gasteiger partial charge in [0.1, 0.15) is 0 Å². The first-order chi connectivity index (χ1) is 8.67. The predicted octanol–water partition coefficient (Wildman–Crippen LogP) is 3.73. The van der Waals surface area contributed by atoms with E-state index in [4.69, 9.17) is 0 Å². The molecule has 102 valence electrons. The molecule has 0 saturated heterocycles. The summed E-state index contributed by atoms with van der Waals surface area (Å²) in [4.78, 5) is 0.926. The monoisotopic (exact) mass is 331 g/mol. The fraction of sp³-hybridized carbons (Fsp3) is 0.571. The number of rotatable bonds is 8. The molecule has 0 aromatic heterocycles. The molecule has 0 spiro atoms. The largest absolute Gasteiger partial charge is 0.314 e. The average molecular weight is 332 g/mol. The van der Waals surface area contributed by atoms with E-state index in [0.29, 0.717) is 6.04 Å². The highest BCUT2D eigenvalue weighted by molar-refractivity contribution is 9.10. The molecule has 0 saturated carbocycles. The normalized spacial score (nSPS) is 14.4. The van der Waals surface area contributed by atoms with Gasteiger partial charge in [-0.05, 0) is 50.1 Å². The summed E-state index contributed by atoms with van der Waals surface area (Å²) in [5.74, 6) is 0.753. The van der Waals surface area contributed by atoms with Crippen LogP contribution in [0.2, 0.25) is 0 Å². The second-order valence-corrected chi connectivity index (χ2v) is 6.80. The summed E-state index contributed by atoms with van der Waals surface area (Å²) in [7, 11) is -0.863. The van der Waals surface area contributed by atoms with E-state index in [1.165, 1.54) is 0 Å². The standard InChI is InChI=1S/C14H22BrNOS/c1-3-13(16-4-2)6-5-11-18(17)14-9-7-12(15)8-10-14/h7-10,13,16H,3-6,11H2,1-2H3. The minimum Gasteiger partial charge on any atom is -0.314 e. The lowest BCUT2D eigenvalue weighted by Crippen LogP contribution is -2.28. The predicted molar refractivity (Wildman–Crippen MR) is 82.4 cm³/mol. The van der Waals surface area contributed by atoms with Gasteiger partial charge in [-0.3, -0.25) is 4.21 Å². The Morgan fingerprint density at radius 3 is 2.50 bits per heavy atom. The van der Waals surface area contributed by atoms with Crippen LogP contribution in [0.1, 0.15) is 33.1 Å². The number of nitrogens with one attached hydrogen (secondary N) is 1. The molecule has 1 rings (SSSR count). The molecule has 0 fully saturated rings. The number of hydrogen-bond donors (Lipinski definition) is 1. The molecular formula is C14H22BrNOS. The third-order valence-corrected chi connectivity index (χ3v) is 4.93. The minimum atomic E-state index is -0.863. The Morgan fingerprint density at radius 1 is 1.28 bits per heavy atom. The van der Waals surface area contributed by atoms with Gasteiger partial charge in [-0.2, -0.15) is 0 Å². The maximum Gasteiger partial charge on any atom is 0.0529 e. The van der Waals surface area contributed by atoms with E-state index in [2.05, 4.69) is 35.1 Å². The van der Waals surface area contributed by atoms with E-state index in [-0.39, 0.29) is 0 Å². The van der Waals surface area contributed by atoms with Crippen LogP contribution in [0.3, 0.4) is 0 Å². The van der Waals surface area contributed by atoms with Gasteiger partial charge in [-0.15, -0.1) is 0 Å². The SMILES string of the molecule is CCNC(CC)CCCS(=O)c1ccc(Br)cc1. The van der Waals surface area contributed by atoms with Crippen molar-refractivity contribution < 1.29 is 4.21 Å². The van der Waals surface area contributed by atoms with Crippen molar-refractivity contribution in [2.45, 2.75) is 44.0 Å². The summed E-state index contributed by atoms with van der Waals surface area (Å²) in [5, 5.41) is 3.45. The van der Waals surface area contributed by atoms with Crippen molar-refractivity contribution in [1.82, 2.24) is 5.32 Å². The third kappa shape index (κ3) is 5.63. The van der Waals surface area contributed by atoms with Crippen LogP contribution in [0, 0.1) is 0 Å². The molecule has 1 N–H and O–H groups in total. The molecule has 0 radical (unpaired) electrons.